The number of fused-ring (bicyclic) bond motifs is 1. The van der Waals surface area contributed by atoms with E-state index in [4.69, 9.17) is 0 Å². The Morgan fingerprint density at radius 1 is 1.08 bits per heavy atom. The summed E-state index contributed by atoms with van der Waals surface area (Å²) in [4.78, 5) is 16.1. The predicted octanol–water partition coefficient (Wildman–Crippen LogP) is 5.43. The summed E-state index contributed by atoms with van der Waals surface area (Å²) in [5.41, 5.74) is 3.96. The normalized spacial score (nSPS) is 23.0. The second-order valence-corrected chi connectivity index (χ2v) is 13.2. The number of rotatable bonds is 10. The van der Waals surface area contributed by atoms with Gasteiger partial charge in [-0.25, -0.2) is 8.42 Å². The highest BCUT2D eigenvalue weighted by molar-refractivity contribution is 7.91. The van der Waals surface area contributed by atoms with E-state index in [-0.39, 0.29) is 23.2 Å². The molecule has 4 rings (SSSR count). The van der Waals surface area contributed by atoms with Crippen LogP contribution in [0.25, 0.3) is 0 Å². The number of amides is 1. The third kappa shape index (κ3) is 6.44. The molecule has 2 aromatic carbocycles. The van der Waals surface area contributed by atoms with Gasteiger partial charge in [-0.15, -0.1) is 0 Å². The van der Waals surface area contributed by atoms with Crippen molar-refractivity contribution in [2.24, 2.45) is 11.8 Å². The highest BCUT2D eigenvalue weighted by atomic mass is 32.2. The van der Waals surface area contributed by atoms with Crippen LogP contribution in [0.2, 0.25) is 0 Å². The molecule has 1 aliphatic heterocycles. The summed E-state index contributed by atoms with van der Waals surface area (Å²) in [6, 6.07) is 12.7. The van der Waals surface area contributed by atoms with E-state index in [0.717, 1.165) is 36.9 Å². The van der Waals surface area contributed by atoms with E-state index in [1.807, 2.05) is 12.1 Å². The van der Waals surface area contributed by atoms with E-state index in [9.17, 15) is 18.3 Å². The van der Waals surface area contributed by atoms with Gasteiger partial charge < -0.3 is 10.4 Å². The number of hydrogen-bond acceptors (Lipinski definition) is 5. The molecular formula is C30H42N2O4S. The molecule has 0 aromatic heterocycles. The Morgan fingerprint density at radius 2 is 1.78 bits per heavy atom. The minimum Gasteiger partial charge on any atom is -0.396 e. The Morgan fingerprint density at radius 3 is 2.41 bits per heavy atom. The lowest BCUT2D eigenvalue weighted by atomic mass is 9.82. The summed E-state index contributed by atoms with van der Waals surface area (Å²) >= 11 is 0. The summed E-state index contributed by atoms with van der Waals surface area (Å²) in [7, 11) is -3.29. The van der Waals surface area contributed by atoms with Crippen LogP contribution in [0.15, 0.2) is 47.4 Å². The molecule has 1 amide bonds. The Balaban J connectivity index is 1.46. The Hall–Kier alpha value is -2.22. The number of sulfone groups is 1. The number of carbonyl (C=O) groups excluding carboxylic acids is 1. The summed E-state index contributed by atoms with van der Waals surface area (Å²) < 4.78 is 24.3. The number of benzene rings is 2. The number of carbonyl (C=O) groups is 1. The molecule has 0 bridgehead atoms. The number of nitrogens with one attached hydrogen (secondary N) is 1. The van der Waals surface area contributed by atoms with Gasteiger partial charge in [0.2, 0.25) is 0 Å². The Bertz CT molecular complexity index is 1170. The van der Waals surface area contributed by atoms with Crippen molar-refractivity contribution in [3.05, 3.63) is 64.7 Å². The van der Waals surface area contributed by atoms with Crippen molar-refractivity contribution in [1.82, 2.24) is 10.2 Å². The first kappa shape index (κ1) is 27.8. The van der Waals surface area contributed by atoms with Crippen LogP contribution in [0.1, 0.15) is 98.4 Å². The summed E-state index contributed by atoms with van der Waals surface area (Å²) in [6.45, 7) is 8.15. The van der Waals surface area contributed by atoms with Crippen LogP contribution < -0.4 is 5.32 Å². The van der Waals surface area contributed by atoms with Crippen molar-refractivity contribution in [2.75, 3.05) is 18.9 Å². The number of aliphatic hydroxyl groups is 1. The molecule has 2 N–H and O–H groups in total. The van der Waals surface area contributed by atoms with E-state index >= 15 is 0 Å². The maximum Gasteiger partial charge on any atom is 0.251 e. The molecule has 202 valence electrons. The summed E-state index contributed by atoms with van der Waals surface area (Å²) in [5, 5.41) is 12.7. The lowest BCUT2D eigenvalue weighted by molar-refractivity contribution is 0.0929. The molecule has 37 heavy (non-hydrogen) atoms. The first-order chi connectivity index (χ1) is 17.7. The van der Waals surface area contributed by atoms with E-state index in [1.165, 1.54) is 36.8 Å². The van der Waals surface area contributed by atoms with Crippen LogP contribution >= 0.6 is 0 Å². The van der Waals surface area contributed by atoms with E-state index in [1.54, 1.807) is 31.2 Å². The summed E-state index contributed by atoms with van der Waals surface area (Å²) in [6.07, 6.45) is 6.70. The van der Waals surface area contributed by atoms with Gasteiger partial charge in [0.1, 0.15) is 0 Å². The molecule has 2 aliphatic rings. The number of nitrogens with zero attached hydrogens (tertiary/aromatic N) is 1. The molecule has 6 nitrogen and oxygen atoms in total. The van der Waals surface area contributed by atoms with E-state index in [0.29, 0.717) is 18.0 Å². The van der Waals surface area contributed by atoms with E-state index in [2.05, 4.69) is 30.1 Å². The second kappa shape index (κ2) is 12.1. The molecule has 2 atom stereocenters. The maximum absolute atomic E-state index is 13.3. The van der Waals surface area contributed by atoms with Gasteiger partial charge in [0.05, 0.1) is 16.7 Å². The highest BCUT2D eigenvalue weighted by Gasteiger charge is 2.32. The maximum atomic E-state index is 13.3. The van der Waals surface area contributed by atoms with Gasteiger partial charge in [-0.3, -0.25) is 9.69 Å². The van der Waals surface area contributed by atoms with Crippen LogP contribution in [0, 0.1) is 11.8 Å². The monoisotopic (exact) mass is 526 g/mol. The standard InChI is InChI=1S/C30H42N2O4S/c1-4-29-27-15-12-24(18-25(27)20-32(29)19-22-8-6-21(3)7-9-22)30(34)31-28(16-17-33)23-10-13-26(14-11-23)37(35,36)5-2/h10-15,18,21-22,28-29,33H,4-9,16-17,19-20H2,1-3H3,(H,31,34)/t21-,22-,28-,29+/m0/s1. The lowest BCUT2D eigenvalue weighted by Crippen LogP contribution is -2.30. The molecule has 1 fully saturated rings. The average Bonchev–Trinajstić information content (AvgIpc) is 3.25. The van der Waals surface area contributed by atoms with Crippen LogP contribution in [0.3, 0.4) is 0 Å². The molecule has 0 spiro atoms. The van der Waals surface area contributed by atoms with Gasteiger partial charge in [-0.2, -0.15) is 0 Å². The Kier molecular flexibility index (Phi) is 9.09. The van der Waals surface area contributed by atoms with Crippen LogP contribution in [0.5, 0.6) is 0 Å². The SMILES string of the molecule is CC[C@@H]1c2ccc(C(=O)N[C@@H](CCO)c3ccc(S(=O)(=O)CC)cc3)cc2CN1C[C@H]1CC[C@H](C)CC1. The molecule has 0 saturated heterocycles. The summed E-state index contributed by atoms with van der Waals surface area (Å²) in [5.74, 6) is 1.48. The van der Waals surface area contributed by atoms with Crippen molar-refractivity contribution in [3.63, 3.8) is 0 Å². The molecular weight excluding hydrogens is 484 g/mol. The largest absolute Gasteiger partial charge is 0.396 e. The van der Waals surface area contributed by atoms with Crippen LogP contribution in [-0.4, -0.2) is 43.2 Å². The zero-order valence-corrected chi connectivity index (χ0v) is 23.3. The van der Waals surface area contributed by atoms with E-state index < -0.39 is 15.9 Å². The zero-order valence-electron chi connectivity index (χ0n) is 22.4. The fourth-order valence-corrected chi connectivity index (χ4v) is 6.90. The lowest BCUT2D eigenvalue weighted by Gasteiger charge is -2.32. The van der Waals surface area contributed by atoms with Crippen molar-refractivity contribution >= 4 is 15.7 Å². The first-order valence-electron chi connectivity index (χ1n) is 13.9. The molecule has 0 unspecified atom stereocenters. The minimum absolute atomic E-state index is 0.0393. The van der Waals surface area contributed by atoms with Gasteiger partial charge in [-0.1, -0.05) is 51.8 Å². The molecule has 1 aliphatic carbocycles. The zero-order chi connectivity index (χ0) is 26.6. The third-order valence-electron chi connectivity index (χ3n) is 8.34. The van der Waals surface area contributed by atoms with Crippen molar-refractivity contribution in [2.45, 2.75) is 82.8 Å². The Labute approximate surface area is 222 Å². The van der Waals surface area contributed by atoms with Gasteiger partial charge in [0, 0.05) is 31.3 Å². The molecule has 1 heterocycles. The minimum atomic E-state index is -3.29. The van der Waals surface area contributed by atoms with Gasteiger partial charge in [0.15, 0.2) is 9.84 Å². The van der Waals surface area contributed by atoms with Crippen molar-refractivity contribution < 1.29 is 18.3 Å². The fourth-order valence-electron chi connectivity index (χ4n) is 6.01. The van der Waals surface area contributed by atoms with Crippen molar-refractivity contribution in [3.8, 4) is 0 Å². The second-order valence-electron chi connectivity index (χ2n) is 10.9. The topological polar surface area (TPSA) is 86.7 Å². The average molecular weight is 527 g/mol. The fraction of sp³-hybridized carbons (Fsp3) is 0.567. The van der Waals surface area contributed by atoms with Crippen LogP contribution in [-0.2, 0) is 16.4 Å². The molecule has 2 aromatic rings. The molecule has 7 heteroatoms. The van der Waals surface area contributed by atoms with Gasteiger partial charge >= 0.3 is 0 Å². The first-order valence-corrected chi connectivity index (χ1v) is 15.5. The van der Waals surface area contributed by atoms with Gasteiger partial charge in [-0.05, 0) is 78.5 Å². The number of hydrogen-bond donors (Lipinski definition) is 2. The highest BCUT2D eigenvalue weighted by Crippen LogP contribution is 2.39. The quantitative estimate of drug-likeness (QED) is 0.431. The molecule has 0 radical (unpaired) electrons. The third-order valence-corrected chi connectivity index (χ3v) is 10.1. The van der Waals surface area contributed by atoms with Gasteiger partial charge in [0.25, 0.3) is 5.91 Å². The smallest absolute Gasteiger partial charge is 0.251 e. The molecule has 1 saturated carbocycles. The number of aliphatic hydroxyl groups excluding tert-OH is 1. The van der Waals surface area contributed by atoms with Crippen LogP contribution in [0.4, 0.5) is 0 Å². The predicted molar refractivity (Wildman–Crippen MR) is 147 cm³/mol. The van der Waals surface area contributed by atoms with Crippen molar-refractivity contribution in [1.29, 1.82) is 0 Å².